The van der Waals surface area contributed by atoms with Crippen LogP contribution in [0.25, 0.3) is 0 Å². The molecular weight excluding hydrogens is 304 g/mol. The number of ether oxygens (including phenoxy) is 1. The standard InChI is InChI=1S/C14H22N4O3S/c1-9-7-17(13(20)21-14(3,4)5)8-10(2)18(9)12(19)11-6-15-16-22-11/h6,9-10H,7-8H2,1-5H3. The van der Waals surface area contributed by atoms with Gasteiger partial charge in [0.2, 0.25) is 0 Å². The molecule has 2 rings (SSSR count). The molecule has 1 fully saturated rings. The SMILES string of the molecule is CC1CN(C(=O)OC(C)(C)C)CC(C)N1C(=O)c1cnns1. The third-order valence-corrected chi connectivity index (χ3v) is 4.03. The van der Waals surface area contributed by atoms with Crippen molar-refractivity contribution in [1.82, 2.24) is 19.4 Å². The molecule has 1 saturated heterocycles. The summed E-state index contributed by atoms with van der Waals surface area (Å²) in [4.78, 5) is 28.7. The maximum Gasteiger partial charge on any atom is 0.410 e. The lowest BCUT2D eigenvalue weighted by Gasteiger charge is -2.44. The number of carbonyl (C=O) groups excluding carboxylic acids is 2. The van der Waals surface area contributed by atoms with Gasteiger partial charge in [0, 0.05) is 25.2 Å². The first-order valence-corrected chi connectivity index (χ1v) is 8.04. The van der Waals surface area contributed by atoms with Gasteiger partial charge in [-0.25, -0.2) is 4.79 Å². The molecule has 122 valence electrons. The highest BCUT2D eigenvalue weighted by atomic mass is 32.1. The first kappa shape index (κ1) is 16.7. The van der Waals surface area contributed by atoms with E-state index in [1.165, 1.54) is 6.20 Å². The van der Waals surface area contributed by atoms with Crippen molar-refractivity contribution >= 4 is 23.5 Å². The summed E-state index contributed by atoms with van der Waals surface area (Å²) in [7, 11) is 0. The van der Waals surface area contributed by atoms with E-state index < -0.39 is 5.60 Å². The quantitative estimate of drug-likeness (QED) is 0.789. The maximum absolute atomic E-state index is 12.5. The second-order valence-electron chi connectivity index (χ2n) is 6.58. The molecule has 22 heavy (non-hydrogen) atoms. The van der Waals surface area contributed by atoms with E-state index in [1.807, 2.05) is 34.6 Å². The Bertz CT molecular complexity index is 529. The van der Waals surface area contributed by atoms with Crippen molar-refractivity contribution < 1.29 is 14.3 Å². The predicted molar refractivity (Wildman–Crippen MR) is 82.8 cm³/mol. The molecule has 2 heterocycles. The minimum atomic E-state index is -0.523. The van der Waals surface area contributed by atoms with Crippen molar-refractivity contribution in [3.05, 3.63) is 11.1 Å². The van der Waals surface area contributed by atoms with Gasteiger partial charge in [0.25, 0.3) is 5.91 Å². The summed E-state index contributed by atoms with van der Waals surface area (Å²) in [6.45, 7) is 10.3. The molecule has 8 heteroatoms. The first-order chi connectivity index (χ1) is 10.2. The molecule has 0 radical (unpaired) electrons. The third kappa shape index (κ3) is 3.73. The third-order valence-electron chi connectivity index (χ3n) is 3.38. The molecule has 1 aromatic rings. The second-order valence-corrected chi connectivity index (χ2v) is 7.36. The van der Waals surface area contributed by atoms with Crippen LogP contribution in [-0.4, -0.2) is 62.2 Å². The summed E-state index contributed by atoms with van der Waals surface area (Å²) >= 11 is 1.09. The van der Waals surface area contributed by atoms with Crippen LogP contribution in [-0.2, 0) is 4.74 Å². The minimum Gasteiger partial charge on any atom is -0.444 e. The average Bonchev–Trinajstić information content (AvgIpc) is 2.89. The fourth-order valence-corrected chi connectivity index (χ4v) is 3.05. The van der Waals surface area contributed by atoms with Crippen LogP contribution in [0.5, 0.6) is 0 Å². The maximum atomic E-state index is 12.5. The Morgan fingerprint density at radius 2 is 1.86 bits per heavy atom. The van der Waals surface area contributed by atoms with Crippen LogP contribution in [0, 0.1) is 0 Å². The van der Waals surface area contributed by atoms with Gasteiger partial charge in [0.15, 0.2) is 0 Å². The highest BCUT2D eigenvalue weighted by Crippen LogP contribution is 2.21. The fraction of sp³-hybridized carbons (Fsp3) is 0.714. The van der Waals surface area contributed by atoms with Crippen molar-refractivity contribution in [3.63, 3.8) is 0 Å². The number of amides is 2. The Hall–Kier alpha value is -1.70. The Balaban J connectivity index is 2.06. The minimum absolute atomic E-state index is 0.0844. The summed E-state index contributed by atoms with van der Waals surface area (Å²) < 4.78 is 9.14. The summed E-state index contributed by atoms with van der Waals surface area (Å²) in [5.74, 6) is -0.0844. The highest BCUT2D eigenvalue weighted by Gasteiger charge is 2.37. The largest absolute Gasteiger partial charge is 0.444 e. The van der Waals surface area contributed by atoms with Crippen LogP contribution in [0.4, 0.5) is 4.79 Å². The molecule has 2 unspecified atom stereocenters. The number of nitrogens with zero attached hydrogens (tertiary/aromatic N) is 4. The van der Waals surface area contributed by atoms with E-state index in [9.17, 15) is 9.59 Å². The summed E-state index contributed by atoms with van der Waals surface area (Å²) in [6, 6.07) is -0.184. The molecule has 1 aliphatic heterocycles. The fourth-order valence-electron chi connectivity index (χ4n) is 2.59. The van der Waals surface area contributed by atoms with Gasteiger partial charge in [-0.05, 0) is 46.2 Å². The van der Waals surface area contributed by atoms with Gasteiger partial charge >= 0.3 is 6.09 Å². The first-order valence-electron chi connectivity index (χ1n) is 7.27. The average molecular weight is 326 g/mol. The monoisotopic (exact) mass is 326 g/mol. The van der Waals surface area contributed by atoms with E-state index >= 15 is 0 Å². The molecule has 7 nitrogen and oxygen atoms in total. The molecule has 2 atom stereocenters. The van der Waals surface area contributed by atoms with E-state index in [1.54, 1.807) is 9.80 Å². The molecule has 0 aromatic carbocycles. The van der Waals surface area contributed by atoms with Crippen LogP contribution in [0.2, 0.25) is 0 Å². The Morgan fingerprint density at radius 3 is 2.32 bits per heavy atom. The van der Waals surface area contributed by atoms with Crippen LogP contribution >= 0.6 is 11.5 Å². The van der Waals surface area contributed by atoms with Crippen LogP contribution in [0.3, 0.4) is 0 Å². The highest BCUT2D eigenvalue weighted by molar-refractivity contribution is 7.07. The Morgan fingerprint density at radius 1 is 1.27 bits per heavy atom. The zero-order valence-corrected chi connectivity index (χ0v) is 14.4. The Labute approximate surface area is 134 Å². The molecule has 1 aromatic heterocycles. The van der Waals surface area contributed by atoms with Crippen LogP contribution in [0.15, 0.2) is 6.20 Å². The number of hydrogen-bond acceptors (Lipinski definition) is 6. The molecule has 0 aliphatic carbocycles. The topological polar surface area (TPSA) is 75.6 Å². The smallest absolute Gasteiger partial charge is 0.410 e. The van der Waals surface area contributed by atoms with Gasteiger partial charge < -0.3 is 14.5 Å². The van der Waals surface area contributed by atoms with Gasteiger partial charge in [-0.1, -0.05) is 4.49 Å². The summed E-state index contributed by atoms with van der Waals surface area (Å²) in [6.07, 6.45) is 1.14. The van der Waals surface area contributed by atoms with E-state index in [0.717, 1.165) is 11.5 Å². The molecule has 0 spiro atoms. The number of rotatable bonds is 1. The van der Waals surface area contributed by atoms with Gasteiger partial charge in [-0.3, -0.25) is 4.79 Å². The van der Waals surface area contributed by atoms with E-state index in [0.29, 0.717) is 18.0 Å². The van der Waals surface area contributed by atoms with Crippen LogP contribution < -0.4 is 0 Å². The van der Waals surface area contributed by atoms with Gasteiger partial charge in [-0.2, -0.15) is 0 Å². The molecule has 1 aliphatic rings. The lowest BCUT2D eigenvalue weighted by molar-refractivity contribution is -0.00475. The molecule has 0 N–H and O–H groups in total. The zero-order valence-electron chi connectivity index (χ0n) is 13.6. The van der Waals surface area contributed by atoms with Gasteiger partial charge in [0.05, 0.1) is 6.20 Å². The van der Waals surface area contributed by atoms with Crippen molar-refractivity contribution in [3.8, 4) is 0 Å². The van der Waals surface area contributed by atoms with Crippen molar-refractivity contribution in [2.45, 2.75) is 52.3 Å². The van der Waals surface area contributed by atoms with E-state index in [4.69, 9.17) is 4.74 Å². The molecule has 2 amide bonds. The van der Waals surface area contributed by atoms with E-state index in [-0.39, 0.29) is 24.1 Å². The second kappa shape index (κ2) is 6.20. The molecule has 0 saturated carbocycles. The van der Waals surface area contributed by atoms with Gasteiger partial charge in [0.1, 0.15) is 10.5 Å². The van der Waals surface area contributed by atoms with Crippen molar-refractivity contribution in [2.24, 2.45) is 0 Å². The zero-order chi connectivity index (χ0) is 16.5. The summed E-state index contributed by atoms with van der Waals surface area (Å²) in [5, 5.41) is 3.71. The lowest BCUT2D eigenvalue weighted by atomic mass is 10.1. The van der Waals surface area contributed by atoms with Crippen molar-refractivity contribution in [2.75, 3.05) is 13.1 Å². The number of hydrogen-bond donors (Lipinski definition) is 0. The van der Waals surface area contributed by atoms with Crippen molar-refractivity contribution in [1.29, 1.82) is 0 Å². The predicted octanol–water partition coefficient (Wildman–Crippen LogP) is 2.01. The van der Waals surface area contributed by atoms with E-state index in [2.05, 4.69) is 9.59 Å². The number of piperazine rings is 1. The number of carbonyl (C=O) groups is 2. The van der Waals surface area contributed by atoms with Crippen LogP contribution in [0.1, 0.15) is 44.3 Å². The Kier molecular flexibility index (Phi) is 4.69. The van der Waals surface area contributed by atoms with Gasteiger partial charge in [-0.15, -0.1) is 5.10 Å². The summed E-state index contributed by atoms with van der Waals surface area (Å²) in [5.41, 5.74) is -0.523. The lowest BCUT2D eigenvalue weighted by Crippen LogP contribution is -2.60. The molecule has 0 bridgehead atoms. The number of aromatic nitrogens is 2. The molecular formula is C14H22N4O3S. The normalized spacial score (nSPS) is 22.6.